The van der Waals surface area contributed by atoms with Crippen LogP contribution in [0.15, 0.2) is 12.7 Å². The van der Waals surface area contributed by atoms with Gasteiger partial charge in [0.2, 0.25) is 15.9 Å². The number of nitrogens with zero attached hydrogens (tertiary/aromatic N) is 1. The molecule has 1 N–H and O–H groups in total. The Morgan fingerprint density at radius 1 is 1.53 bits per heavy atom. The summed E-state index contributed by atoms with van der Waals surface area (Å²) in [7, 11) is -1.75. The first-order valence-corrected chi connectivity index (χ1v) is 7.08. The Balaban J connectivity index is 4.05. The average molecular weight is 264 g/mol. The maximum atomic E-state index is 11.3. The van der Waals surface area contributed by atoms with Gasteiger partial charge in [0, 0.05) is 33.2 Å². The van der Waals surface area contributed by atoms with Crippen molar-refractivity contribution >= 4 is 15.9 Å². The fourth-order valence-corrected chi connectivity index (χ4v) is 1.94. The number of hydrogen-bond donors (Lipinski definition) is 1. The highest BCUT2D eigenvalue weighted by molar-refractivity contribution is 7.88. The van der Waals surface area contributed by atoms with Gasteiger partial charge < -0.3 is 10.1 Å². The third kappa shape index (κ3) is 7.89. The van der Waals surface area contributed by atoms with Crippen LogP contribution in [-0.2, 0) is 19.6 Å². The van der Waals surface area contributed by atoms with Gasteiger partial charge in [-0.3, -0.25) is 4.79 Å². The predicted molar refractivity (Wildman–Crippen MR) is 66.1 cm³/mol. The van der Waals surface area contributed by atoms with E-state index in [1.807, 2.05) is 0 Å². The van der Waals surface area contributed by atoms with E-state index in [0.29, 0.717) is 13.2 Å². The van der Waals surface area contributed by atoms with E-state index in [4.69, 9.17) is 4.74 Å². The van der Waals surface area contributed by atoms with Crippen LogP contribution in [0.5, 0.6) is 0 Å². The number of methoxy groups -OCH3 is 1. The van der Waals surface area contributed by atoms with E-state index in [1.54, 1.807) is 7.11 Å². The second-order valence-electron chi connectivity index (χ2n) is 3.50. The van der Waals surface area contributed by atoms with Gasteiger partial charge in [0.05, 0.1) is 12.9 Å². The van der Waals surface area contributed by atoms with E-state index in [-0.39, 0.29) is 25.4 Å². The predicted octanol–water partition coefficient (Wildman–Crippen LogP) is -0.413. The third-order valence-electron chi connectivity index (χ3n) is 2.02. The summed E-state index contributed by atoms with van der Waals surface area (Å²) < 4.78 is 28.6. The largest absolute Gasteiger partial charge is 0.383 e. The maximum Gasteiger partial charge on any atom is 0.221 e. The second kappa shape index (κ2) is 8.21. The van der Waals surface area contributed by atoms with Gasteiger partial charge in [-0.2, -0.15) is 4.31 Å². The minimum Gasteiger partial charge on any atom is -0.383 e. The summed E-state index contributed by atoms with van der Waals surface area (Å²) in [6, 6.07) is 0. The van der Waals surface area contributed by atoms with Crippen molar-refractivity contribution < 1.29 is 17.9 Å². The molecule has 7 heteroatoms. The molecular formula is C10H20N2O4S. The zero-order valence-electron chi connectivity index (χ0n) is 10.3. The van der Waals surface area contributed by atoms with E-state index in [9.17, 15) is 13.2 Å². The Morgan fingerprint density at radius 3 is 2.65 bits per heavy atom. The third-order valence-corrected chi connectivity index (χ3v) is 3.29. The number of carbonyl (C=O) groups is 1. The zero-order chi connectivity index (χ0) is 13.3. The Morgan fingerprint density at radius 2 is 2.18 bits per heavy atom. The zero-order valence-corrected chi connectivity index (χ0v) is 11.1. The van der Waals surface area contributed by atoms with Crippen molar-refractivity contribution in [1.82, 2.24) is 9.62 Å². The summed E-state index contributed by atoms with van der Waals surface area (Å²) in [5.41, 5.74) is 0. The first-order chi connectivity index (χ1) is 7.91. The van der Waals surface area contributed by atoms with Crippen LogP contribution in [-0.4, -0.2) is 58.2 Å². The molecule has 0 aromatic heterocycles. The Bertz CT molecular complexity index is 340. The molecule has 0 aliphatic heterocycles. The van der Waals surface area contributed by atoms with Gasteiger partial charge in [0.15, 0.2) is 0 Å². The van der Waals surface area contributed by atoms with Crippen molar-refractivity contribution in [2.45, 2.75) is 6.42 Å². The Hall–Kier alpha value is -0.920. The molecule has 0 heterocycles. The van der Waals surface area contributed by atoms with Crippen LogP contribution in [0.2, 0.25) is 0 Å². The second-order valence-corrected chi connectivity index (χ2v) is 5.48. The fraction of sp³-hybridized carbons (Fsp3) is 0.700. The van der Waals surface area contributed by atoms with Crippen LogP contribution in [0.1, 0.15) is 6.42 Å². The van der Waals surface area contributed by atoms with Gasteiger partial charge in [-0.25, -0.2) is 8.42 Å². The first-order valence-electron chi connectivity index (χ1n) is 5.23. The van der Waals surface area contributed by atoms with Crippen LogP contribution in [0.4, 0.5) is 0 Å². The van der Waals surface area contributed by atoms with Crippen molar-refractivity contribution in [3.05, 3.63) is 12.7 Å². The maximum absolute atomic E-state index is 11.3. The molecule has 0 unspecified atom stereocenters. The molecule has 6 nitrogen and oxygen atoms in total. The van der Waals surface area contributed by atoms with Gasteiger partial charge in [-0.15, -0.1) is 6.58 Å². The summed E-state index contributed by atoms with van der Waals surface area (Å²) >= 11 is 0. The highest BCUT2D eigenvalue weighted by Gasteiger charge is 2.15. The Kier molecular flexibility index (Phi) is 7.77. The molecule has 0 rings (SSSR count). The number of sulfonamides is 1. The number of amides is 1. The molecule has 100 valence electrons. The monoisotopic (exact) mass is 264 g/mol. The highest BCUT2D eigenvalue weighted by atomic mass is 32.2. The molecule has 0 atom stereocenters. The van der Waals surface area contributed by atoms with Crippen molar-refractivity contribution in [2.24, 2.45) is 0 Å². The van der Waals surface area contributed by atoms with Gasteiger partial charge in [0.25, 0.3) is 0 Å². The van der Waals surface area contributed by atoms with Crippen LogP contribution >= 0.6 is 0 Å². The molecular weight excluding hydrogens is 244 g/mol. The van der Waals surface area contributed by atoms with E-state index < -0.39 is 10.0 Å². The molecule has 17 heavy (non-hydrogen) atoms. The van der Waals surface area contributed by atoms with Crippen molar-refractivity contribution in [3.63, 3.8) is 0 Å². The lowest BCUT2D eigenvalue weighted by Gasteiger charge is -2.17. The molecule has 0 bridgehead atoms. The van der Waals surface area contributed by atoms with Gasteiger partial charge >= 0.3 is 0 Å². The van der Waals surface area contributed by atoms with Crippen LogP contribution in [0.3, 0.4) is 0 Å². The number of carbonyl (C=O) groups excluding carboxylic acids is 1. The minimum absolute atomic E-state index is 0.130. The summed E-state index contributed by atoms with van der Waals surface area (Å²) in [5.74, 6) is -0.195. The molecule has 0 aliphatic carbocycles. The van der Waals surface area contributed by atoms with Crippen LogP contribution in [0.25, 0.3) is 0 Å². The van der Waals surface area contributed by atoms with Crippen molar-refractivity contribution in [2.75, 3.05) is 39.6 Å². The van der Waals surface area contributed by atoms with Crippen LogP contribution in [0, 0.1) is 0 Å². The molecule has 0 aromatic rings. The van der Waals surface area contributed by atoms with Gasteiger partial charge in [0.1, 0.15) is 0 Å². The van der Waals surface area contributed by atoms with E-state index >= 15 is 0 Å². The number of nitrogens with one attached hydrogen (secondary N) is 1. The standard InChI is InChI=1S/C10H20N2O4S/c1-4-7-12(17(3,14)15)8-5-10(13)11-6-9-16-2/h4H,1,5-9H2,2-3H3,(H,11,13). The summed E-state index contributed by atoms with van der Waals surface area (Å²) in [6.07, 6.45) is 2.73. The topological polar surface area (TPSA) is 75.7 Å². The van der Waals surface area contributed by atoms with E-state index in [2.05, 4.69) is 11.9 Å². The molecule has 0 saturated heterocycles. The van der Waals surface area contributed by atoms with Crippen molar-refractivity contribution in [3.8, 4) is 0 Å². The molecule has 0 fully saturated rings. The minimum atomic E-state index is -3.29. The molecule has 0 aromatic carbocycles. The summed E-state index contributed by atoms with van der Waals surface area (Å²) in [4.78, 5) is 11.3. The fourth-order valence-electron chi connectivity index (χ4n) is 1.14. The molecule has 0 spiro atoms. The summed E-state index contributed by atoms with van der Waals surface area (Å²) in [5, 5.41) is 2.62. The molecule has 1 amide bonds. The van der Waals surface area contributed by atoms with E-state index in [0.717, 1.165) is 6.26 Å². The highest BCUT2D eigenvalue weighted by Crippen LogP contribution is 1.99. The first kappa shape index (κ1) is 16.1. The number of ether oxygens (including phenoxy) is 1. The lowest BCUT2D eigenvalue weighted by Crippen LogP contribution is -2.35. The quantitative estimate of drug-likeness (QED) is 0.453. The SMILES string of the molecule is C=CCN(CCC(=O)NCCOC)S(C)(=O)=O. The lowest BCUT2D eigenvalue weighted by molar-refractivity contribution is -0.121. The smallest absolute Gasteiger partial charge is 0.221 e. The van der Waals surface area contributed by atoms with Gasteiger partial charge in [-0.05, 0) is 0 Å². The Labute approximate surface area is 103 Å². The normalized spacial score (nSPS) is 11.5. The number of hydrogen-bond acceptors (Lipinski definition) is 4. The van der Waals surface area contributed by atoms with E-state index in [1.165, 1.54) is 10.4 Å². The summed E-state index contributed by atoms with van der Waals surface area (Å²) in [6.45, 7) is 4.71. The molecule has 0 aliphatic rings. The van der Waals surface area contributed by atoms with Crippen LogP contribution < -0.4 is 5.32 Å². The lowest BCUT2D eigenvalue weighted by atomic mass is 10.4. The van der Waals surface area contributed by atoms with Gasteiger partial charge in [-0.1, -0.05) is 6.08 Å². The number of rotatable bonds is 9. The van der Waals surface area contributed by atoms with Crippen molar-refractivity contribution in [1.29, 1.82) is 0 Å². The molecule has 0 saturated carbocycles. The average Bonchev–Trinajstić information content (AvgIpc) is 2.23. The molecule has 0 radical (unpaired) electrons.